The molecule has 54 heavy (non-hydrogen) atoms. The minimum absolute atomic E-state index is 0.846. The van der Waals surface area contributed by atoms with Crippen molar-refractivity contribution >= 4 is 32.7 Å². The molecule has 0 saturated carbocycles. The second kappa shape index (κ2) is 13.1. The number of aromatic nitrogens is 3. The molecule has 10 rings (SSSR count). The zero-order valence-electron chi connectivity index (χ0n) is 28.9. The van der Waals surface area contributed by atoms with Crippen molar-refractivity contribution in [3.8, 4) is 68.9 Å². The van der Waals surface area contributed by atoms with Gasteiger partial charge in [-0.15, -0.1) is 0 Å². The van der Waals surface area contributed by atoms with E-state index in [0.717, 1.165) is 99.5 Å². The maximum absolute atomic E-state index is 4.59. The Hall–Kier alpha value is -7.77. The second-order valence-electron chi connectivity index (χ2n) is 13.3. The summed E-state index contributed by atoms with van der Waals surface area (Å²) in [6.45, 7) is 0. The van der Waals surface area contributed by atoms with Crippen molar-refractivity contribution in [3.63, 3.8) is 0 Å². The van der Waals surface area contributed by atoms with E-state index in [9.17, 15) is 0 Å². The van der Waals surface area contributed by atoms with Crippen molar-refractivity contribution in [1.82, 2.24) is 15.0 Å². The normalized spacial score (nSPS) is 11.3. The molecule has 0 aliphatic heterocycles. The molecule has 3 nitrogen and oxygen atoms in total. The van der Waals surface area contributed by atoms with Gasteiger partial charge in [0.1, 0.15) is 0 Å². The van der Waals surface area contributed by atoms with E-state index < -0.39 is 0 Å². The molecule has 3 aromatic heterocycles. The Morgan fingerprint density at radius 2 is 0.537 bits per heavy atom. The summed E-state index contributed by atoms with van der Waals surface area (Å²) in [5.74, 6) is 20.9. The number of hydrogen-bond acceptors (Lipinski definition) is 3. The van der Waals surface area contributed by atoms with Gasteiger partial charge in [0.25, 0.3) is 0 Å². The van der Waals surface area contributed by atoms with E-state index in [4.69, 9.17) is 0 Å². The van der Waals surface area contributed by atoms with Crippen molar-refractivity contribution in [1.29, 1.82) is 0 Å². The standard InChI is InChI=1S/C51H27N3/c1-4-37-13-20-46(31-49(37)52-25-1)43-17-10-34-7-8-35-11-18-44(47-21-14-38-5-2-26-53-50(38)32-47)29-41(35)23-24-42-30-45(19-12-36(42)9-16-40(34)28-43)48-22-15-39-6-3-27-54-51(39)33-48/h1-6,10-15,17-22,25-33H. The van der Waals surface area contributed by atoms with Gasteiger partial charge in [0, 0.05) is 68.1 Å². The molecule has 0 bridgehead atoms. The fraction of sp³-hybridized carbons (Fsp3) is 0. The van der Waals surface area contributed by atoms with Gasteiger partial charge in [-0.1, -0.05) is 108 Å². The van der Waals surface area contributed by atoms with Crippen LogP contribution in [0.3, 0.4) is 0 Å². The summed E-state index contributed by atoms with van der Waals surface area (Å²) in [7, 11) is 0. The Bertz CT molecular complexity index is 3190. The summed E-state index contributed by atoms with van der Waals surface area (Å²) >= 11 is 0. The molecule has 0 atom stereocenters. The second-order valence-corrected chi connectivity index (χ2v) is 13.3. The zero-order valence-corrected chi connectivity index (χ0v) is 28.9. The summed E-state index contributed by atoms with van der Waals surface area (Å²) in [6, 6.07) is 50.2. The Morgan fingerprint density at radius 3 is 0.870 bits per heavy atom. The van der Waals surface area contributed by atoms with Crippen molar-refractivity contribution in [2.75, 3.05) is 0 Å². The summed E-state index contributed by atoms with van der Waals surface area (Å²) in [6.07, 6.45) is 5.48. The van der Waals surface area contributed by atoms with Gasteiger partial charge >= 0.3 is 0 Å². The van der Waals surface area contributed by atoms with Crippen LogP contribution < -0.4 is 0 Å². The lowest BCUT2D eigenvalue weighted by molar-refractivity contribution is 1.41. The van der Waals surface area contributed by atoms with E-state index in [1.165, 1.54) is 0 Å². The van der Waals surface area contributed by atoms with Crippen LogP contribution in [-0.2, 0) is 0 Å². The van der Waals surface area contributed by atoms with E-state index >= 15 is 0 Å². The van der Waals surface area contributed by atoms with Gasteiger partial charge < -0.3 is 0 Å². The van der Waals surface area contributed by atoms with E-state index in [2.05, 4.69) is 178 Å². The first-order valence-corrected chi connectivity index (χ1v) is 17.7. The number of hydrogen-bond donors (Lipinski definition) is 0. The molecule has 0 saturated heterocycles. The molecule has 246 valence electrons. The molecular weight excluding hydrogens is 655 g/mol. The third-order valence-electron chi connectivity index (χ3n) is 9.87. The predicted molar refractivity (Wildman–Crippen MR) is 219 cm³/mol. The monoisotopic (exact) mass is 681 g/mol. The van der Waals surface area contributed by atoms with Gasteiger partial charge in [0.2, 0.25) is 0 Å². The highest BCUT2D eigenvalue weighted by Crippen LogP contribution is 2.29. The van der Waals surface area contributed by atoms with Crippen LogP contribution in [0.2, 0.25) is 0 Å². The summed E-state index contributed by atoms with van der Waals surface area (Å²) in [5.41, 5.74) is 14.4. The van der Waals surface area contributed by atoms with Crippen LogP contribution in [0.1, 0.15) is 33.4 Å². The average Bonchev–Trinajstić information content (AvgIpc) is 3.23. The Balaban J connectivity index is 1.14. The quantitative estimate of drug-likeness (QED) is 0.174. The number of nitrogens with zero attached hydrogens (tertiary/aromatic N) is 3. The third kappa shape index (κ3) is 5.91. The first kappa shape index (κ1) is 31.0. The summed E-state index contributed by atoms with van der Waals surface area (Å²) in [4.78, 5) is 13.8. The molecular formula is C51H27N3. The van der Waals surface area contributed by atoms with Crippen molar-refractivity contribution in [2.45, 2.75) is 0 Å². The molecule has 0 N–H and O–H groups in total. The van der Waals surface area contributed by atoms with Gasteiger partial charge in [0.15, 0.2) is 0 Å². The van der Waals surface area contributed by atoms with Gasteiger partial charge in [-0.3, -0.25) is 15.0 Å². The number of pyridine rings is 3. The lowest BCUT2D eigenvalue weighted by atomic mass is 9.95. The van der Waals surface area contributed by atoms with E-state index in [-0.39, 0.29) is 0 Å². The largest absolute Gasteiger partial charge is 0.256 e. The Morgan fingerprint density at radius 1 is 0.259 bits per heavy atom. The molecule has 0 radical (unpaired) electrons. The fourth-order valence-corrected chi connectivity index (χ4v) is 6.95. The topological polar surface area (TPSA) is 38.7 Å². The molecule has 3 heterocycles. The van der Waals surface area contributed by atoms with Gasteiger partial charge in [-0.05, 0) is 106 Å². The van der Waals surface area contributed by atoms with Crippen molar-refractivity contribution in [2.24, 2.45) is 0 Å². The lowest BCUT2D eigenvalue weighted by Gasteiger charge is -2.08. The van der Waals surface area contributed by atoms with Crippen LogP contribution in [0, 0.1) is 35.5 Å². The first-order chi connectivity index (χ1) is 26.7. The van der Waals surface area contributed by atoms with Gasteiger partial charge in [0.05, 0.1) is 16.6 Å². The van der Waals surface area contributed by atoms with Crippen LogP contribution in [-0.4, -0.2) is 15.0 Å². The summed E-state index contributed by atoms with van der Waals surface area (Å²) < 4.78 is 0. The molecule has 0 amide bonds. The fourth-order valence-electron chi connectivity index (χ4n) is 6.95. The highest BCUT2D eigenvalue weighted by molar-refractivity contribution is 5.87. The van der Waals surface area contributed by atoms with E-state index in [1.807, 2.05) is 36.8 Å². The SMILES string of the molecule is C1#Cc2ccc(-c3ccc4cccnc4c3)cc2C#Cc2cc(-c3ccc4cccnc4c3)ccc2C#Cc2cc(-c3ccc4cccnc4c3)ccc21. The molecule has 0 fully saturated rings. The maximum atomic E-state index is 4.59. The van der Waals surface area contributed by atoms with E-state index in [1.54, 1.807) is 0 Å². The highest BCUT2D eigenvalue weighted by Gasteiger charge is 2.10. The van der Waals surface area contributed by atoms with Crippen LogP contribution in [0.15, 0.2) is 164 Å². The van der Waals surface area contributed by atoms with Crippen LogP contribution >= 0.6 is 0 Å². The summed E-state index contributed by atoms with van der Waals surface area (Å²) in [5, 5.41) is 3.31. The molecule has 0 spiro atoms. The van der Waals surface area contributed by atoms with E-state index in [0.29, 0.717) is 0 Å². The Labute approximate surface area is 313 Å². The molecule has 6 aromatic carbocycles. The zero-order chi connectivity index (χ0) is 35.8. The smallest absolute Gasteiger partial charge is 0.0708 e. The highest BCUT2D eigenvalue weighted by atomic mass is 14.6. The van der Waals surface area contributed by atoms with Crippen molar-refractivity contribution in [3.05, 3.63) is 198 Å². The van der Waals surface area contributed by atoms with Crippen molar-refractivity contribution < 1.29 is 0 Å². The van der Waals surface area contributed by atoms with Crippen LogP contribution in [0.5, 0.6) is 0 Å². The number of fused-ring (bicyclic) bond motifs is 6. The minimum atomic E-state index is 0.846. The molecule has 0 unspecified atom stereocenters. The maximum Gasteiger partial charge on any atom is 0.0708 e. The third-order valence-corrected chi connectivity index (χ3v) is 9.87. The first-order valence-electron chi connectivity index (χ1n) is 17.7. The van der Waals surface area contributed by atoms with Crippen LogP contribution in [0.4, 0.5) is 0 Å². The Kier molecular flexibility index (Phi) is 7.51. The average molecular weight is 682 g/mol. The predicted octanol–water partition coefficient (Wildman–Crippen LogP) is 10.8. The number of benzene rings is 6. The molecule has 3 heteroatoms. The van der Waals surface area contributed by atoms with Gasteiger partial charge in [-0.2, -0.15) is 0 Å². The molecule has 1 aliphatic rings. The van der Waals surface area contributed by atoms with Gasteiger partial charge in [-0.25, -0.2) is 0 Å². The minimum Gasteiger partial charge on any atom is -0.256 e. The van der Waals surface area contributed by atoms with Crippen LogP contribution in [0.25, 0.3) is 66.1 Å². The lowest BCUT2D eigenvalue weighted by Crippen LogP contribution is -1.92. The number of rotatable bonds is 3. The molecule has 9 aromatic rings. The molecule has 1 aliphatic carbocycles.